The fraction of sp³-hybridized carbons (Fsp3) is 0.294. The number of piperazine rings is 1. The van der Waals surface area contributed by atoms with E-state index in [4.69, 9.17) is 0 Å². The average molecular weight is 358 g/mol. The lowest BCUT2D eigenvalue weighted by atomic mass is 10.1. The van der Waals surface area contributed by atoms with Crippen LogP contribution in [-0.4, -0.2) is 50.0 Å². The highest BCUT2D eigenvalue weighted by molar-refractivity contribution is 5.82. The predicted octanol–water partition coefficient (Wildman–Crippen LogP) is 1.56. The summed E-state index contributed by atoms with van der Waals surface area (Å²) < 4.78 is 28.5. The van der Waals surface area contributed by atoms with Crippen molar-refractivity contribution in [3.8, 4) is 0 Å². The SMILES string of the molecule is Cc1cc(N2CCN(Cc3ccc(F)cc3F)C(=O)C2)n2ncnc2n1. The number of rotatable bonds is 3. The first-order valence-electron chi connectivity index (χ1n) is 8.15. The van der Waals surface area contributed by atoms with Crippen LogP contribution < -0.4 is 4.90 Å². The maximum Gasteiger partial charge on any atom is 0.254 e. The molecule has 26 heavy (non-hydrogen) atoms. The number of halogens is 2. The Hall–Kier alpha value is -3.10. The number of hydrogen-bond donors (Lipinski definition) is 0. The highest BCUT2D eigenvalue weighted by Gasteiger charge is 2.26. The molecule has 0 saturated carbocycles. The number of aromatic nitrogens is 4. The van der Waals surface area contributed by atoms with Crippen LogP contribution in [0, 0.1) is 18.6 Å². The van der Waals surface area contributed by atoms with Gasteiger partial charge in [0.15, 0.2) is 0 Å². The van der Waals surface area contributed by atoms with Crippen molar-refractivity contribution in [1.29, 1.82) is 0 Å². The molecule has 1 fully saturated rings. The minimum absolute atomic E-state index is 0.118. The maximum absolute atomic E-state index is 13.8. The summed E-state index contributed by atoms with van der Waals surface area (Å²) >= 11 is 0. The molecule has 9 heteroatoms. The normalized spacial score (nSPS) is 15.1. The van der Waals surface area contributed by atoms with E-state index in [1.807, 2.05) is 17.9 Å². The Morgan fingerprint density at radius 2 is 2.04 bits per heavy atom. The second-order valence-corrected chi connectivity index (χ2v) is 6.20. The highest BCUT2D eigenvalue weighted by Crippen LogP contribution is 2.20. The zero-order valence-corrected chi connectivity index (χ0v) is 14.1. The maximum atomic E-state index is 13.8. The van der Waals surface area contributed by atoms with E-state index in [-0.39, 0.29) is 19.0 Å². The van der Waals surface area contributed by atoms with Crippen molar-refractivity contribution in [1.82, 2.24) is 24.5 Å². The molecule has 3 aromatic rings. The summed E-state index contributed by atoms with van der Waals surface area (Å²) in [5.41, 5.74) is 1.08. The van der Waals surface area contributed by atoms with Crippen LogP contribution in [0.2, 0.25) is 0 Å². The minimum Gasteiger partial charge on any atom is -0.345 e. The van der Waals surface area contributed by atoms with E-state index in [1.54, 1.807) is 9.42 Å². The predicted molar refractivity (Wildman–Crippen MR) is 89.5 cm³/mol. The molecule has 0 radical (unpaired) electrons. The van der Waals surface area contributed by atoms with Crippen molar-refractivity contribution in [3.63, 3.8) is 0 Å². The largest absolute Gasteiger partial charge is 0.345 e. The topological polar surface area (TPSA) is 66.6 Å². The van der Waals surface area contributed by atoms with E-state index in [0.29, 0.717) is 24.4 Å². The van der Waals surface area contributed by atoms with Gasteiger partial charge in [-0.1, -0.05) is 6.07 Å². The first-order chi connectivity index (χ1) is 12.5. The van der Waals surface area contributed by atoms with Crippen molar-refractivity contribution < 1.29 is 13.6 Å². The van der Waals surface area contributed by atoms with Gasteiger partial charge in [0.05, 0.1) is 6.54 Å². The molecule has 0 bridgehead atoms. The molecule has 0 spiro atoms. The van der Waals surface area contributed by atoms with Crippen LogP contribution in [0.4, 0.5) is 14.6 Å². The Labute approximate surface area is 147 Å². The molecule has 1 saturated heterocycles. The van der Waals surface area contributed by atoms with Gasteiger partial charge in [-0.3, -0.25) is 4.79 Å². The van der Waals surface area contributed by atoms with Crippen LogP contribution in [0.25, 0.3) is 5.78 Å². The zero-order chi connectivity index (χ0) is 18.3. The molecule has 4 rings (SSSR count). The standard InChI is InChI=1S/C17H16F2N6O/c1-11-6-15(25-17(22-11)20-10-21-25)23-4-5-24(16(26)9-23)8-12-2-3-13(18)7-14(12)19/h2-3,6-7,10H,4-5,8-9H2,1H3. The van der Waals surface area contributed by atoms with Gasteiger partial charge in [0.25, 0.3) is 5.78 Å². The lowest BCUT2D eigenvalue weighted by Gasteiger charge is -2.35. The monoisotopic (exact) mass is 358 g/mol. The van der Waals surface area contributed by atoms with E-state index in [2.05, 4.69) is 15.1 Å². The van der Waals surface area contributed by atoms with E-state index < -0.39 is 11.6 Å². The molecule has 1 aliphatic rings. The van der Waals surface area contributed by atoms with Gasteiger partial charge < -0.3 is 9.80 Å². The summed E-state index contributed by atoms with van der Waals surface area (Å²) in [6.45, 7) is 3.10. The molecule has 0 unspecified atom stereocenters. The van der Waals surface area contributed by atoms with Gasteiger partial charge >= 0.3 is 0 Å². The molecule has 0 atom stereocenters. The van der Waals surface area contributed by atoms with Crippen molar-refractivity contribution in [2.24, 2.45) is 0 Å². The third-order valence-corrected chi connectivity index (χ3v) is 4.38. The van der Waals surface area contributed by atoms with Crippen molar-refractivity contribution in [3.05, 3.63) is 53.5 Å². The number of hydrogen-bond acceptors (Lipinski definition) is 5. The van der Waals surface area contributed by atoms with E-state index in [1.165, 1.54) is 18.5 Å². The molecule has 3 heterocycles. The van der Waals surface area contributed by atoms with Crippen molar-refractivity contribution >= 4 is 17.5 Å². The first kappa shape index (κ1) is 16.4. The van der Waals surface area contributed by atoms with E-state index in [9.17, 15) is 13.6 Å². The molecule has 1 aliphatic heterocycles. The summed E-state index contributed by atoms with van der Waals surface area (Å²) in [6.07, 6.45) is 1.42. The summed E-state index contributed by atoms with van der Waals surface area (Å²) in [5.74, 6) is -0.196. The number of aryl methyl sites for hydroxylation is 1. The molecular weight excluding hydrogens is 342 g/mol. The number of nitrogens with zero attached hydrogens (tertiary/aromatic N) is 6. The number of carbonyl (C=O) groups is 1. The van der Waals surface area contributed by atoms with Crippen molar-refractivity contribution in [2.75, 3.05) is 24.5 Å². The van der Waals surface area contributed by atoms with Gasteiger partial charge in [-0.05, 0) is 13.0 Å². The fourth-order valence-corrected chi connectivity index (χ4v) is 3.06. The van der Waals surface area contributed by atoms with Gasteiger partial charge in [0.1, 0.15) is 23.8 Å². The zero-order valence-electron chi connectivity index (χ0n) is 14.1. The van der Waals surface area contributed by atoms with Crippen molar-refractivity contribution in [2.45, 2.75) is 13.5 Å². The average Bonchev–Trinajstić information content (AvgIpc) is 3.06. The molecule has 1 amide bonds. The Morgan fingerprint density at radius 3 is 2.81 bits per heavy atom. The molecule has 2 aromatic heterocycles. The number of amides is 1. The number of benzene rings is 1. The molecule has 0 N–H and O–H groups in total. The third kappa shape index (κ3) is 2.96. The lowest BCUT2D eigenvalue weighted by Crippen LogP contribution is -2.50. The second kappa shape index (κ2) is 6.32. The van der Waals surface area contributed by atoms with Crippen LogP contribution in [0.1, 0.15) is 11.3 Å². The van der Waals surface area contributed by atoms with Crippen LogP contribution in [0.15, 0.2) is 30.6 Å². The van der Waals surface area contributed by atoms with Gasteiger partial charge in [-0.15, -0.1) is 0 Å². The summed E-state index contributed by atoms with van der Waals surface area (Å²) in [5, 5.41) is 4.16. The van der Waals surface area contributed by atoms with Gasteiger partial charge in [-0.25, -0.2) is 13.8 Å². The molecule has 7 nitrogen and oxygen atoms in total. The number of fused-ring (bicyclic) bond motifs is 1. The molecule has 1 aromatic carbocycles. The number of anilines is 1. The summed E-state index contributed by atoms with van der Waals surface area (Å²) in [6, 6.07) is 5.25. The Balaban J connectivity index is 1.53. The Morgan fingerprint density at radius 1 is 1.19 bits per heavy atom. The molecular formula is C17H16F2N6O. The lowest BCUT2D eigenvalue weighted by molar-refractivity contribution is -0.131. The first-order valence-corrected chi connectivity index (χ1v) is 8.15. The summed E-state index contributed by atoms with van der Waals surface area (Å²) in [7, 11) is 0. The van der Waals surface area contributed by atoms with Crippen LogP contribution in [0.3, 0.4) is 0 Å². The summed E-state index contributed by atoms with van der Waals surface area (Å²) in [4.78, 5) is 24.4. The van der Waals surface area contributed by atoms with E-state index in [0.717, 1.165) is 17.6 Å². The Kier molecular flexibility index (Phi) is 3.98. The fourth-order valence-electron chi connectivity index (χ4n) is 3.06. The van der Waals surface area contributed by atoms with Crippen LogP contribution >= 0.6 is 0 Å². The number of carbonyl (C=O) groups excluding carboxylic acids is 1. The molecule has 134 valence electrons. The minimum atomic E-state index is -0.644. The smallest absolute Gasteiger partial charge is 0.254 e. The van der Waals surface area contributed by atoms with Crippen LogP contribution in [0.5, 0.6) is 0 Å². The van der Waals surface area contributed by atoms with Crippen LogP contribution in [-0.2, 0) is 11.3 Å². The molecule has 0 aliphatic carbocycles. The highest BCUT2D eigenvalue weighted by atomic mass is 19.1. The van der Waals surface area contributed by atoms with E-state index >= 15 is 0 Å². The Bertz CT molecular complexity index is 989. The third-order valence-electron chi connectivity index (χ3n) is 4.38. The quantitative estimate of drug-likeness (QED) is 0.711. The van der Waals surface area contributed by atoms with Gasteiger partial charge in [0.2, 0.25) is 5.91 Å². The van der Waals surface area contributed by atoms with Gasteiger partial charge in [-0.2, -0.15) is 14.6 Å². The second-order valence-electron chi connectivity index (χ2n) is 6.20. The van der Waals surface area contributed by atoms with Gasteiger partial charge in [0, 0.05) is 43.0 Å².